The fourth-order valence-electron chi connectivity index (χ4n) is 5.14. The van der Waals surface area contributed by atoms with E-state index in [0.717, 1.165) is 41.0 Å². The van der Waals surface area contributed by atoms with E-state index in [-0.39, 0.29) is 5.56 Å². The first kappa shape index (κ1) is 28.3. The van der Waals surface area contributed by atoms with Gasteiger partial charge < -0.3 is 5.73 Å². The SMILES string of the molecule is NC(=O)N(c1ccc(Br)cc1)C(C(=O)N(c1ccccc1)C1C=CC(=NN2CCCCC2)C=C1)c1ccccc1F. The highest BCUT2D eigenvalue weighted by Gasteiger charge is 2.38. The molecule has 1 unspecified atom stereocenters. The number of allylic oxidation sites excluding steroid dienone is 2. The number of urea groups is 1. The summed E-state index contributed by atoms with van der Waals surface area (Å²) < 4.78 is 16.2. The zero-order chi connectivity index (χ0) is 28.8. The molecule has 1 aliphatic heterocycles. The molecule has 3 aromatic rings. The van der Waals surface area contributed by atoms with Crippen LogP contribution in [0.3, 0.4) is 0 Å². The van der Waals surface area contributed by atoms with Crippen molar-refractivity contribution in [3.8, 4) is 0 Å². The van der Waals surface area contributed by atoms with Gasteiger partial charge in [-0.1, -0.05) is 64.5 Å². The van der Waals surface area contributed by atoms with Gasteiger partial charge in [0.25, 0.3) is 5.91 Å². The lowest BCUT2D eigenvalue weighted by Gasteiger charge is -2.37. The molecule has 0 saturated carbocycles. The largest absolute Gasteiger partial charge is 0.351 e. The number of carbonyl (C=O) groups is 2. The number of hydrogen-bond donors (Lipinski definition) is 1. The Morgan fingerprint density at radius 3 is 2.15 bits per heavy atom. The Bertz CT molecular complexity index is 1450. The Hall–Kier alpha value is -4.24. The number of nitrogens with two attached hydrogens (primary N) is 1. The van der Waals surface area contributed by atoms with Crippen molar-refractivity contribution in [2.24, 2.45) is 10.8 Å². The summed E-state index contributed by atoms with van der Waals surface area (Å²) in [5.41, 5.74) is 7.68. The van der Waals surface area contributed by atoms with E-state index in [4.69, 9.17) is 10.8 Å². The van der Waals surface area contributed by atoms with Crippen LogP contribution in [0.5, 0.6) is 0 Å². The van der Waals surface area contributed by atoms with E-state index in [1.165, 1.54) is 18.6 Å². The number of piperidine rings is 1. The number of anilines is 2. The average Bonchev–Trinajstić information content (AvgIpc) is 2.99. The minimum Gasteiger partial charge on any atom is -0.351 e. The molecule has 0 aromatic heterocycles. The van der Waals surface area contributed by atoms with Crippen molar-refractivity contribution in [1.29, 1.82) is 0 Å². The molecule has 1 aliphatic carbocycles. The molecule has 0 spiro atoms. The number of para-hydroxylation sites is 1. The van der Waals surface area contributed by atoms with E-state index >= 15 is 4.39 Å². The van der Waals surface area contributed by atoms with E-state index in [1.54, 1.807) is 41.3 Å². The summed E-state index contributed by atoms with van der Waals surface area (Å²) in [5, 5.41) is 6.82. The van der Waals surface area contributed by atoms with Gasteiger partial charge in [-0.2, -0.15) is 5.10 Å². The standard InChI is InChI=1S/C32H31BrFN5O2/c33-23-13-17-27(18-14-23)39(32(35)41)30(28-11-5-6-12-29(28)34)31(40)38(25-9-3-1-4-10-25)26-19-15-24(16-20-26)36-37-21-7-2-8-22-37/h1,3-6,9-20,26,30H,2,7-8,21-22H2,(H2,35,41). The number of nitrogens with zero attached hydrogens (tertiary/aromatic N) is 4. The van der Waals surface area contributed by atoms with Crippen molar-refractivity contribution in [1.82, 2.24) is 5.01 Å². The molecule has 5 rings (SSSR count). The third kappa shape index (κ3) is 6.57. The Balaban J connectivity index is 1.57. The van der Waals surface area contributed by atoms with Gasteiger partial charge in [-0.15, -0.1) is 0 Å². The molecule has 9 heteroatoms. The van der Waals surface area contributed by atoms with Crippen LogP contribution < -0.4 is 15.5 Å². The summed E-state index contributed by atoms with van der Waals surface area (Å²) in [5.74, 6) is -1.13. The fraction of sp³-hybridized carbons (Fsp3) is 0.219. The van der Waals surface area contributed by atoms with Gasteiger partial charge in [0, 0.05) is 34.5 Å². The van der Waals surface area contributed by atoms with Crippen LogP contribution in [0.1, 0.15) is 30.9 Å². The van der Waals surface area contributed by atoms with Crippen molar-refractivity contribution in [2.45, 2.75) is 31.3 Å². The molecule has 1 saturated heterocycles. The Labute approximate surface area is 247 Å². The zero-order valence-corrected chi connectivity index (χ0v) is 24.0. The van der Waals surface area contributed by atoms with E-state index < -0.39 is 29.8 Å². The van der Waals surface area contributed by atoms with Gasteiger partial charge in [-0.3, -0.25) is 19.6 Å². The second-order valence-electron chi connectivity index (χ2n) is 9.90. The predicted octanol–water partition coefficient (Wildman–Crippen LogP) is 6.58. The number of hydrogen-bond acceptors (Lipinski definition) is 4. The summed E-state index contributed by atoms with van der Waals surface area (Å²) in [6, 6.07) is 19.1. The predicted molar refractivity (Wildman–Crippen MR) is 164 cm³/mol. The van der Waals surface area contributed by atoms with Crippen LogP contribution in [0.25, 0.3) is 0 Å². The van der Waals surface area contributed by atoms with Gasteiger partial charge >= 0.3 is 6.03 Å². The van der Waals surface area contributed by atoms with Gasteiger partial charge in [-0.25, -0.2) is 9.18 Å². The van der Waals surface area contributed by atoms with E-state index in [2.05, 4.69) is 20.9 Å². The second-order valence-corrected chi connectivity index (χ2v) is 10.8. The maximum atomic E-state index is 15.4. The minimum atomic E-state index is -1.37. The first-order valence-electron chi connectivity index (χ1n) is 13.6. The third-order valence-electron chi connectivity index (χ3n) is 7.12. The number of rotatable bonds is 7. The van der Waals surface area contributed by atoms with Crippen molar-refractivity contribution in [2.75, 3.05) is 22.9 Å². The molecule has 3 aromatic carbocycles. The Kier molecular flexibility index (Phi) is 8.94. The van der Waals surface area contributed by atoms with Crippen LogP contribution in [0.15, 0.2) is 113 Å². The lowest BCUT2D eigenvalue weighted by Crippen LogP contribution is -2.50. The normalized spacial score (nSPS) is 17.2. The smallest absolute Gasteiger partial charge is 0.320 e. The third-order valence-corrected chi connectivity index (χ3v) is 7.65. The first-order chi connectivity index (χ1) is 19.9. The molecule has 3 amide bonds. The van der Waals surface area contributed by atoms with Gasteiger partial charge in [0.1, 0.15) is 11.9 Å². The maximum absolute atomic E-state index is 15.4. The molecular weight excluding hydrogens is 585 g/mol. The number of amides is 3. The summed E-state index contributed by atoms with van der Waals surface area (Å²) in [4.78, 5) is 30.4. The topological polar surface area (TPSA) is 82.2 Å². The van der Waals surface area contributed by atoms with Crippen molar-refractivity contribution < 1.29 is 14.0 Å². The number of hydrazone groups is 1. The molecule has 0 radical (unpaired) electrons. The van der Waals surface area contributed by atoms with Gasteiger partial charge in [0.05, 0.1) is 11.8 Å². The van der Waals surface area contributed by atoms with Crippen LogP contribution in [-0.2, 0) is 4.79 Å². The van der Waals surface area contributed by atoms with Crippen LogP contribution in [-0.4, -0.2) is 41.8 Å². The second kappa shape index (κ2) is 13.0. The summed E-state index contributed by atoms with van der Waals surface area (Å²) in [6.45, 7) is 1.85. The maximum Gasteiger partial charge on any atom is 0.320 e. The van der Waals surface area contributed by atoms with Crippen LogP contribution in [0.2, 0.25) is 0 Å². The van der Waals surface area contributed by atoms with Crippen LogP contribution in [0, 0.1) is 5.82 Å². The molecule has 2 N–H and O–H groups in total. The zero-order valence-electron chi connectivity index (χ0n) is 22.4. The van der Waals surface area contributed by atoms with Crippen LogP contribution >= 0.6 is 15.9 Å². The monoisotopic (exact) mass is 615 g/mol. The Morgan fingerprint density at radius 1 is 0.878 bits per heavy atom. The molecule has 41 heavy (non-hydrogen) atoms. The molecule has 0 bridgehead atoms. The Morgan fingerprint density at radius 2 is 1.51 bits per heavy atom. The molecule has 1 atom stereocenters. The summed E-state index contributed by atoms with van der Waals surface area (Å²) in [6.07, 6.45) is 11.0. The van der Waals surface area contributed by atoms with E-state index in [0.29, 0.717) is 11.4 Å². The van der Waals surface area contributed by atoms with E-state index in [1.807, 2.05) is 54.6 Å². The van der Waals surface area contributed by atoms with Crippen LogP contribution in [0.4, 0.5) is 20.6 Å². The number of halogens is 2. The fourth-order valence-corrected chi connectivity index (χ4v) is 5.41. The summed E-state index contributed by atoms with van der Waals surface area (Å²) >= 11 is 3.40. The molecule has 1 heterocycles. The van der Waals surface area contributed by atoms with Crippen molar-refractivity contribution in [3.05, 3.63) is 119 Å². The highest BCUT2D eigenvalue weighted by molar-refractivity contribution is 9.10. The number of primary amides is 1. The quantitative estimate of drug-likeness (QED) is 0.326. The van der Waals surface area contributed by atoms with Gasteiger partial charge in [0.15, 0.2) is 0 Å². The molecular formula is C32H31BrFN5O2. The molecule has 7 nitrogen and oxygen atoms in total. The average molecular weight is 617 g/mol. The first-order valence-corrected chi connectivity index (χ1v) is 14.4. The number of benzene rings is 3. The minimum absolute atomic E-state index is 0.0382. The van der Waals surface area contributed by atoms with Gasteiger partial charge in [0.2, 0.25) is 0 Å². The molecule has 1 fully saturated rings. The highest BCUT2D eigenvalue weighted by atomic mass is 79.9. The van der Waals surface area contributed by atoms with Gasteiger partial charge in [-0.05, 0) is 73.9 Å². The highest BCUT2D eigenvalue weighted by Crippen LogP contribution is 2.34. The lowest BCUT2D eigenvalue weighted by atomic mass is 9.99. The molecule has 2 aliphatic rings. The number of carbonyl (C=O) groups excluding carboxylic acids is 2. The van der Waals surface area contributed by atoms with E-state index in [9.17, 15) is 9.59 Å². The summed E-state index contributed by atoms with van der Waals surface area (Å²) in [7, 11) is 0. The van der Waals surface area contributed by atoms with Crippen molar-refractivity contribution in [3.63, 3.8) is 0 Å². The van der Waals surface area contributed by atoms with Crippen molar-refractivity contribution >= 4 is 45.0 Å². The molecule has 210 valence electrons. The lowest BCUT2D eigenvalue weighted by molar-refractivity contribution is -0.120.